The van der Waals surface area contributed by atoms with Gasteiger partial charge >= 0.3 is 5.97 Å². The Morgan fingerprint density at radius 3 is 2.07 bits per heavy atom. The molecule has 0 unspecified atom stereocenters. The summed E-state index contributed by atoms with van der Waals surface area (Å²) in [5, 5.41) is 27.4. The van der Waals surface area contributed by atoms with Gasteiger partial charge in [-0.15, -0.1) is 0 Å². The van der Waals surface area contributed by atoms with Gasteiger partial charge in [-0.05, 0) is 32.1 Å². The molecular formula is C32H60O10. The molecule has 4 atom stereocenters. The summed E-state index contributed by atoms with van der Waals surface area (Å²) in [7, 11) is 0. The molecule has 0 amide bonds. The van der Waals surface area contributed by atoms with Crippen LogP contribution in [0.15, 0.2) is 12.2 Å². The molecule has 0 saturated carbocycles. The minimum absolute atomic E-state index is 0.0910. The number of carbonyl (C=O) groups is 1. The van der Waals surface area contributed by atoms with Crippen molar-refractivity contribution in [2.45, 2.75) is 128 Å². The second-order valence-corrected chi connectivity index (χ2v) is 10.8. The van der Waals surface area contributed by atoms with Crippen molar-refractivity contribution in [2.24, 2.45) is 0 Å². The van der Waals surface area contributed by atoms with E-state index in [1.54, 1.807) is 0 Å². The fourth-order valence-corrected chi connectivity index (χ4v) is 4.90. The van der Waals surface area contributed by atoms with E-state index < -0.39 is 24.6 Å². The van der Waals surface area contributed by atoms with Crippen LogP contribution in [0.5, 0.6) is 0 Å². The minimum atomic E-state index is -0.580. The van der Waals surface area contributed by atoms with E-state index >= 15 is 0 Å². The number of ether oxygens (including phenoxy) is 6. The molecule has 1 saturated heterocycles. The Bertz CT molecular complexity index is 632. The topological polar surface area (TPSA) is 133 Å². The smallest absolute Gasteiger partial charge is 0.305 e. The predicted molar refractivity (Wildman–Crippen MR) is 161 cm³/mol. The van der Waals surface area contributed by atoms with E-state index in [1.807, 2.05) is 0 Å². The van der Waals surface area contributed by atoms with Crippen molar-refractivity contribution in [1.82, 2.24) is 0 Å². The normalized spacial score (nSPS) is 19.6. The highest BCUT2D eigenvalue weighted by Crippen LogP contribution is 2.28. The van der Waals surface area contributed by atoms with Crippen LogP contribution in [0.2, 0.25) is 0 Å². The lowest BCUT2D eigenvalue weighted by Crippen LogP contribution is -2.42. The average Bonchev–Trinajstić information content (AvgIpc) is 3.40. The third-order valence-corrected chi connectivity index (χ3v) is 7.12. The molecule has 0 radical (unpaired) electrons. The van der Waals surface area contributed by atoms with Crippen molar-refractivity contribution in [1.29, 1.82) is 0 Å². The quantitative estimate of drug-likeness (QED) is 0.0613. The second-order valence-electron chi connectivity index (χ2n) is 10.8. The molecule has 42 heavy (non-hydrogen) atoms. The first-order valence-corrected chi connectivity index (χ1v) is 16.4. The zero-order valence-corrected chi connectivity index (χ0v) is 26.1. The van der Waals surface area contributed by atoms with Crippen LogP contribution in [0.1, 0.15) is 103 Å². The lowest BCUT2D eigenvalue weighted by atomic mass is 10.1. The third kappa shape index (κ3) is 20.7. The summed E-state index contributed by atoms with van der Waals surface area (Å²) >= 11 is 0. The Kier molecular flexibility index (Phi) is 26.5. The van der Waals surface area contributed by atoms with Crippen LogP contribution in [0.3, 0.4) is 0 Å². The summed E-state index contributed by atoms with van der Waals surface area (Å²) < 4.78 is 33.9. The summed E-state index contributed by atoms with van der Waals surface area (Å²) in [4.78, 5) is 12.1. The van der Waals surface area contributed by atoms with E-state index in [0.717, 1.165) is 25.7 Å². The molecule has 0 bridgehead atoms. The molecule has 1 aliphatic rings. The van der Waals surface area contributed by atoms with Gasteiger partial charge in [0.05, 0.1) is 59.0 Å². The van der Waals surface area contributed by atoms with Crippen molar-refractivity contribution in [2.75, 3.05) is 59.5 Å². The Labute approximate surface area is 254 Å². The SMILES string of the molecule is CCCCCCCC/C=C/CCCCCCCC(=O)OCCOC[C@H](OCCO)[C@@H]1O[C@@H](OCCO)C[C@@H]1OCCO. The second kappa shape index (κ2) is 28.6. The summed E-state index contributed by atoms with van der Waals surface area (Å²) in [6.07, 6.45) is 19.2. The first-order valence-electron chi connectivity index (χ1n) is 16.4. The molecule has 1 heterocycles. The molecule has 0 aliphatic carbocycles. The van der Waals surface area contributed by atoms with Crippen molar-refractivity contribution >= 4 is 5.97 Å². The maximum Gasteiger partial charge on any atom is 0.305 e. The van der Waals surface area contributed by atoms with Gasteiger partial charge in [0.15, 0.2) is 6.29 Å². The van der Waals surface area contributed by atoms with Gasteiger partial charge in [0, 0.05) is 12.8 Å². The predicted octanol–water partition coefficient (Wildman–Crippen LogP) is 4.46. The van der Waals surface area contributed by atoms with Crippen molar-refractivity contribution < 1.29 is 48.5 Å². The van der Waals surface area contributed by atoms with Crippen LogP contribution < -0.4 is 0 Å². The highest BCUT2D eigenvalue weighted by atomic mass is 16.7. The molecule has 248 valence electrons. The lowest BCUT2D eigenvalue weighted by Gasteiger charge is -2.27. The summed E-state index contributed by atoms with van der Waals surface area (Å²) in [5.74, 6) is -0.218. The Morgan fingerprint density at radius 1 is 0.786 bits per heavy atom. The number of esters is 1. The van der Waals surface area contributed by atoms with Crippen LogP contribution in [0, 0.1) is 0 Å². The van der Waals surface area contributed by atoms with Gasteiger partial charge in [-0.1, -0.05) is 70.4 Å². The van der Waals surface area contributed by atoms with Gasteiger partial charge in [0.2, 0.25) is 0 Å². The van der Waals surface area contributed by atoms with Gasteiger partial charge < -0.3 is 43.7 Å². The molecule has 10 heteroatoms. The number of allylic oxidation sites excluding steroid dienone is 2. The summed E-state index contributed by atoms with van der Waals surface area (Å²) in [6.45, 7) is 2.68. The number of rotatable bonds is 30. The maximum absolute atomic E-state index is 12.1. The molecule has 1 rings (SSSR count). The lowest BCUT2D eigenvalue weighted by molar-refractivity contribution is -0.183. The van der Waals surface area contributed by atoms with Crippen LogP contribution in [0.25, 0.3) is 0 Å². The standard InChI is InChI=1S/C32H60O10/c1-2-3-4-5-6-7-8-9-10-11-12-13-14-15-16-17-30(36)40-25-24-37-27-29(39-22-19-34)32-28(38-21-18-33)26-31(42-32)41-23-20-35/h9-10,28-29,31-35H,2-8,11-27H2,1H3/b10-9+/t28-,29-,31+,32+/m0/s1. The van der Waals surface area contributed by atoms with Gasteiger partial charge in [-0.25, -0.2) is 0 Å². The van der Waals surface area contributed by atoms with Gasteiger partial charge in [0.25, 0.3) is 0 Å². The van der Waals surface area contributed by atoms with E-state index in [4.69, 9.17) is 38.6 Å². The fourth-order valence-electron chi connectivity index (χ4n) is 4.90. The molecule has 0 spiro atoms. The average molecular weight is 605 g/mol. The molecule has 1 fully saturated rings. The fraction of sp³-hybridized carbons (Fsp3) is 0.906. The number of carbonyl (C=O) groups excluding carboxylic acids is 1. The number of hydrogen-bond acceptors (Lipinski definition) is 10. The molecule has 0 aromatic carbocycles. The number of aliphatic hydroxyl groups excluding tert-OH is 3. The maximum atomic E-state index is 12.1. The van der Waals surface area contributed by atoms with Gasteiger partial charge in [0.1, 0.15) is 18.8 Å². The van der Waals surface area contributed by atoms with Crippen LogP contribution >= 0.6 is 0 Å². The van der Waals surface area contributed by atoms with Crippen molar-refractivity contribution in [3.63, 3.8) is 0 Å². The zero-order valence-electron chi connectivity index (χ0n) is 26.1. The van der Waals surface area contributed by atoms with Gasteiger partial charge in [-0.3, -0.25) is 4.79 Å². The van der Waals surface area contributed by atoms with E-state index in [2.05, 4.69) is 19.1 Å². The van der Waals surface area contributed by atoms with E-state index in [9.17, 15) is 9.90 Å². The molecule has 1 aliphatic heterocycles. The first-order chi connectivity index (χ1) is 20.7. The third-order valence-electron chi connectivity index (χ3n) is 7.12. The van der Waals surface area contributed by atoms with E-state index in [0.29, 0.717) is 12.8 Å². The van der Waals surface area contributed by atoms with Gasteiger partial charge in [-0.2, -0.15) is 0 Å². The molecule has 3 N–H and O–H groups in total. The Morgan fingerprint density at radius 2 is 1.40 bits per heavy atom. The summed E-state index contributed by atoms with van der Waals surface area (Å²) in [6, 6.07) is 0. The number of aliphatic hydroxyl groups is 3. The highest BCUT2D eigenvalue weighted by Gasteiger charge is 2.42. The largest absolute Gasteiger partial charge is 0.463 e. The molecule has 0 aromatic rings. The highest BCUT2D eigenvalue weighted by molar-refractivity contribution is 5.69. The van der Waals surface area contributed by atoms with Crippen molar-refractivity contribution in [3.05, 3.63) is 12.2 Å². The first kappa shape index (κ1) is 38.9. The van der Waals surface area contributed by atoms with Crippen LogP contribution in [0.4, 0.5) is 0 Å². The monoisotopic (exact) mass is 604 g/mol. The van der Waals surface area contributed by atoms with Crippen molar-refractivity contribution in [3.8, 4) is 0 Å². The molecular weight excluding hydrogens is 544 g/mol. The summed E-state index contributed by atoms with van der Waals surface area (Å²) in [5.41, 5.74) is 0. The zero-order chi connectivity index (χ0) is 30.5. The van der Waals surface area contributed by atoms with Crippen LogP contribution in [-0.2, 0) is 33.2 Å². The number of hydrogen-bond donors (Lipinski definition) is 3. The Balaban J connectivity index is 2.13. The van der Waals surface area contributed by atoms with E-state index in [1.165, 1.54) is 57.8 Å². The molecule has 0 aromatic heterocycles. The van der Waals surface area contributed by atoms with E-state index in [-0.39, 0.29) is 65.4 Å². The van der Waals surface area contributed by atoms with Crippen LogP contribution in [-0.4, -0.2) is 105 Å². The Hall–Kier alpha value is -1.11. The molecule has 10 nitrogen and oxygen atoms in total. The minimum Gasteiger partial charge on any atom is -0.463 e. The number of unbranched alkanes of at least 4 members (excludes halogenated alkanes) is 11.